The Labute approximate surface area is 60.8 Å². The third kappa shape index (κ3) is 4.22. The number of carbonyl (C=O) groups is 1. The summed E-state index contributed by atoms with van der Waals surface area (Å²) in [5, 5.41) is 8.35. The van der Waals surface area contributed by atoms with Crippen molar-refractivity contribution in [2.45, 2.75) is 13.0 Å². The molecule has 0 rings (SSSR count). The predicted molar refractivity (Wildman–Crippen MR) is 23.7 cm³/mol. The largest absolute Gasteiger partial charge is 0.467 e. The van der Waals surface area contributed by atoms with Crippen molar-refractivity contribution in [1.29, 1.82) is 0 Å². The summed E-state index contributed by atoms with van der Waals surface area (Å²) < 4.78 is 4.12. The number of esters is 1. The van der Waals surface area contributed by atoms with Crippen LogP contribution in [0.5, 0.6) is 0 Å². The molecule has 0 spiro atoms. The van der Waals surface area contributed by atoms with Crippen molar-refractivity contribution in [3.63, 3.8) is 0 Å². The molecule has 0 fully saturated rings. The normalized spacial score (nSPS) is 11.4. The van der Waals surface area contributed by atoms with Crippen LogP contribution in [0.15, 0.2) is 0 Å². The summed E-state index contributed by atoms with van der Waals surface area (Å²) in [5.74, 6) is -0.597. The molecule has 8 heavy (non-hydrogen) atoms. The minimum absolute atomic E-state index is 0. The number of hydrogen-bond donors (Lipinski definition) is 1. The van der Waals surface area contributed by atoms with Crippen LogP contribution in [-0.2, 0) is 29.0 Å². The van der Waals surface area contributed by atoms with E-state index in [1.807, 2.05) is 0 Å². The number of methoxy groups -OCH3 is 1. The summed E-state index contributed by atoms with van der Waals surface area (Å²) in [4.78, 5) is 10.0. The average Bonchev–Trinajstić information content (AvgIpc) is 1.65. The molecule has 1 radical (unpaired) electrons. The van der Waals surface area contributed by atoms with Gasteiger partial charge in [0.15, 0.2) is 0 Å². The van der Waals surface area contributed by atoms with Crippen LogP contribution in [0.25, 0.3) is 0 Å². The minimum atomic E-state index is -0.995. The van der Waals surface area contributed by atoms with Gasteiger partial charge in [-0.3, -0.25) is 0 Å². The quantitative estimate of drug-likeness (QED) is 0.467. The first-order valence-corrected chi connectivity index (χ1v) is 1.94. The van der Waals surface area contributed by atoms with Gasteiger partial charge in [-0.15, -0.1) is 0 Å². The van der Waals surface area contributed by atoms with Crippen molar-refractivity contribution < 1.29 is 34.1 Å². The Morgan fingerprint density at radius 1 is 1.75 bits per heavy atom. The molecule has 0 amide bonds. The Morgan fingerprint density at radius 3 is 2.12 bits per heavy atom. The van der Waals surface area contributed by atoms with Crippen LogP contribution in [0.2, 0.25) is 0 Å². The molecule has 0 aliphatic heterocycles. The summed E-state index contributed by atoms with van der Waals surface area (Å²) in [5.41, 5.74) is 0. The maximum absolute atomic E-state index is 10.0. The van der Waals surface area contributed by atoms with Crippen LogP contribution in [0, 0.1) is 0 Å². The van der Waals surface area contributed by atoms with Gasteiger partial charge in [-0.2, -0.15) is 0 Å². The van der Waals surface area contributed by atoms with Gasteiger partial charge in [0.25, 0.3) is 0 Å². The molecule has 1 atom stereocenters. The van der Waals surface area contributed by atoms with E-state index >= 15 is 0 Å². The summed E-state index contributed by atoms with van der Waals surface area (Å²) in [6.07, 6.45) is -0.995. The zero-order valence-electron chi connectivity index (χ0n) is 4.67. The number of ether oxygens (including phenoxy) is 1. The molecule has 0 aliphatic carbocycles. The first-order valence-electron chi connectivity index (χ1n) is 1.94. The Kier molecular flexibility index (Phi) is 7.10. The Hall–Kier alpha value is 0.0534. The van der Waals surface area contributed by atoms with Gasteiger partial charge >= 0.3 is 5.97 Å². The van der Waals surface area contributed by atoms with E-state index in [-0.39, 0.29) is 19.5 Å². The van der Waals surface area contributed by atoms with Gasteiger partial charge in [0.05, 0.1) is 7.11 Å². The smallest absolute Gasteiger partial charge is 0.334 e. The van der Waals surface area contributed by atoms with Gasteiger partial charge in [0.2, 0.25) is 0 Å². The molecule has 1 N–H and O–H groups in total. The van der Waals surface area contributed by atoms with Crippen molar-refractivity contribution in [2.75, 3.05) is 7.11 Å². The number of aliphatic hydroxyl groups excluding tert-OH is 1. The fourth-order valence-electron chi connectivity index (χ4n) is 0.171. The third-order valence-corrected chi connectivity index (χ3v) is 0.542. The van der Waals surface area contributed by atoms with E-state index in [1.54, 1.807) is 0 Å². The fraction of sp³-hybridized carbons (Fsp3) is 0.750. The van der Waals surface area contributed by atoms with Crippen molar-refractivity contribution in [2.24, 2.45) is 0 Å². The van der Waals surface area contributed by atoms with E-state index in [2.05, 4.69) is 4.74 Å². The molecule has 0 aromatic rings. The molecular weight excluding hydrogens is 199 g/mol. The maximum Gasteiger partial charge on any atom is 0.334 e. The van der Waals surface area contributed by atoms with Crippen molar-refractivity contribution in [3.05, 3.63) is 0 Å². The Bertz CT molecular complexity index is 71.7. The Morgan fingerprint density at radius 2 is 2.12 bits per heavy atom. The van der Waals surface area contributed by atoms with Crippen molar-refractivity contribution in [1.82, 2.24) is 0 Å². The standard InChI is InChI=1S/C4H8O3.Rh/c1-3(5)4(6)7-2;/h3,5H,1-2H3;. The second kappa shape index (κ2) is 5.20. The minimum Gasteiger partial charge on any atom is -0.467 e. The van der Waals surface area contributed by atoms with Crippen LogP contribution in [0.1, 0.15) is 6.92 Å². The summed E-state index contributed by atoms with van der Waals surface area (Å²) in [6.45, 7) is 1.35. The van der Waals surface area contributed by atoms with Crippen LogP contribution < -0.4 is 0 Å². The predicted octanol–water partition coefficient (Wildman–Crippen LogP) is -0.462. The first kappa shape index (κ1) is 10.9. The molecule has 0 saturated heterocycles. The van der Waals surface area contributed by atoms with E-state index < -0.39 is 12.1 Å². The number of hydrogen-bond acceptors (Lipinski definition) is 3. The van der Waals surface area contributed by atoms with Crippen molar-refractivity contribution in [3.8, 4) is 0 Å². The molecule has 0 saturated carbocycles. The van der Waals surface area contributed by atoms with Crippen LogP contribution in [-0.4, -0.2) is 24.3 Å². The van der Waals surface area contributed by atoms with Gasteiger partial charge in [0.1, 0.15) is 6.10 Å². The van der Waals surface area contributed by atoms with Gasteiger partial charge in [-0.1, -0.05) is 0 Å². The zero-order valence-corrected chi connectivity index (χ0v) is 6.31. The topological polar surface area (TPSA) is 46.5 Å². The Balaban J connectivity index is 0. The molecule has 51 valence electrons. The number of aliphatic hydroxyl groups is 1. The van der Waals surface area contributed by atoms with E-state index in [0.29, 0.717) is 0 Å². The molecule has 0 bridgehead atoms. The number of carbonyl (C=O) groups excluding carboxylic acids is 1. The number of rotatable bonds is 1. The van der Waals surface area contributed by atoms with Gasteiger partial charge in [0, 0.05) is 19.5 Å². The van der Waals surface area contributed by atoms with Gasteiger partial charge in [-0.05, 0) is 6.92 Å². The molecule has 0 aromatic carbocycles. The summed E-state index contributed by atoms with van der Waals surface area (Å²) in [7, 11) is 1.23. The van der Waals surface area contributed by atoms with Gasteiger partial charge < -0.3 is 9.84 Å². The van der Waals surface area contributed by atoms with Crippen molar-refractivity contribution >= 4 is 5.97 Å². The van der Waals surface area contributed by atoms with Crippen LogP contribution in [0.4, 0.5) is 0 Å². The van der Waals surface area contributed by atoms with Crippen LogP contribution in [0.3, 0.4) is 0 Å². The van der Waals surface area contributed by atoms with Crippen LogP contribution >= 0.6 is 0 Å². The molecule has 0 aliphatic rings. The second-order valence-corrected chi connectivity index (χ2v) is 1.20. The molecule has 0 aromatic heterocycles. The monoisotopic (exact) mass is 207 g/mol. The maximum atomic E-state index is 10.0. The third-order valence-electron chi connectivity index (χ3n) is 0.542. The molecule has 3 nitrogen and oxygen atoms in total. The van der Waals surface area contributed by atoms with Gasteiger partial charge in [-0.25, -0.2) is 4.79 Å². The first-order chi connectivity index (χ1) is 3.18. The molecule has 1 unspecified atom stereocenters. The fourth-order valence-corrected chi connectivity index (χ4v) is 0.171. The van der Waals surface area contributed by atoms with E-state index in [1.165, 1.54) is 14.0 Å². The van der Waals surface area contributed by atoms with E-state index in [4.69, 9.17) is 5.11 Å². The van der Waals surface area contributed by atoms with E-state index in [0.717, 1.165) is 0 Å². The molecule has 0 heterocycles. The average molecular weight is 207 g/mol. The molecular formula is C4H8O3Rh. The summed E-state index contributed by atoms with van der Waals surface area (Å²) in [6, 6.07) is 0. The molecule has 4 heteroatoms. The SMILES string of the molecule is COC(=O)C(C)O.[Rh]. The van der Waals surface area contributed by atoms with E-state index in [9.17, 15) is 4.79 Å². The summed E-state index contributed by atoms with van der Waals surface area (Å²) >= 11 is 0. The zero-order chi connectivity index (χ0) is 5.86. The second-order valence-electron chi connectivity index (χ2n) is 1.20.